The molecule has 6 heteroatoms. The van der Waals surface area contributed by atoms with Gasteiger partial charge in [0.25, 0.3) is 0 Å². The fraction of sp³-hybridized carbons (Fsp3) is 0.429. The van der Waals surface area contributed by atoms with Crippen LogP contribution in [0.4, 0.5) is 5.69 Å². The number of amides is 1. The van der Waals surface area contributed by atoms with E-state index in [1.54, 1.807) is 12.1 Å². The van der Waals surface area contributed by atoms with Crippen molar-refractivity contribution in [3.63, 3.8) is 0 Å². The summed E-state index contributed by atoms with van der Waals surface area (Å²) in [5, 5.41) is 2.87. The van der Waals surface area contributed by atoms with Gasteiger partial charge < -0.3 is 20.5 Å². The van der Waals surface area contributed by atoms with Crippen LogP contribution in [0.5, 0.6) is 5.75 Å². The normalized spacial score (nSPS) is 13.7. The van der Waals surface area contributed by atoms with Crippen molar-refractivity contribution < 1.29 is 19.1 Å². The highest BCUT2D eigenvalue weighted by Gasteiger charge is 2.22. The van der Waals surface area contributed by atoms with Gasteiger partial charge in [-0.25, -0.2) is 4.79 Å². The Hall–Kier alpha value is -2.24. The maximum atomic E-state index is 11.5. The molecule has 0 bridgehead atoms. The Kier molecular flexibility index (Phi) is 4.45. The van der Waals surface area contributed by atoms with E-state index in [1.165, 1.54) is 13.2 Å². The van der Waals surface area contributed by atoms with Crippen molar-refractivity contribution in [2.75, 3.05) is 19.5 Å². The summed E-state index contributed by atoms with van der Waals surface area (Å²) in [5.74, 6) is -0.108. The molecule has 20 heavy (non-hydrogen) atoms. The molecule has 108 valence electrons. The number of nitrogens with one attached hydrogen (secondary N) is 1. The van der Waals surface area contributed by atoms with Crippen molar-refractivity contribution >= 4 is 17.6 Å². The van der Waals surface area contributed by atoms with Crippen LogP contribution >= 0.6 is 0 Å². The lowest BCUT2D eigenvalue weighted by molar-refractivity contribution is -0.121. The number of anilines is 1. The molecule has 1 aromatic rings. The van der Waals surface area contributed by atoms with Crippen LogP contribution in [0.2, 0.25) is 0 Å². The van der Waals surface area contributed by atoms with Gasteiger partial charge in [0.2, 0.25) is 5.91 Å². The number of carbonyl (C=O) groups is 2. The van der Waals surface area contributed by atoms with Crippen LogP contribution in [0.15, 0.2) is 18.2 Å². The summed E-state index contributed by atoms with van der Waals surface area (Å²) in [7, 11) is 1.31. The summed E-state index contributed by atoms with van der Waals surface area (Å²) in [6.07, 6.45) is 2.37. The third kappa shape index (κ3) is 3.88. The molecule has 1 amide bonds. The smallest absolute Gasteiger partial charge is 0.337 e. The Morgan fingerprint density at radius 2 is 2.15 bits per heavy atom. The van der Waals surface area contributed by atoms with Crippen LogP contribution in [-0.2, 0) is 9.53 Å². The van der Waals surface area contributed by atoms with Gasteiger partial charge in [0.15, 0.2) is 0 Å². The quantitative estimate of drug-likeness (QED) is 0.600. The zero-order valence-corrected chi connectivity index (χ0v) is 11.3. The van der Waals surface area contributed by atoms with Crippen LogP contribution in [0.3, 0.4) is 0 Å². The molecule has 0 spiro atoms. The van der Waals surface area contributed by atoms with Crippen LogP contribution in [0, 0.1) is 0 Å². The molecule has 0 saturated heterocycles. The van der Waals surface area contributed by atoms with Gasteiger partial charge in [-0.3, -0.25) is 4.79 Å². The van der Waals surface area contributed by atoms with E-state index in [0.29, 0.717) is 23.0 Å². The van der Waals surface area contributed by atoms with E-state index >= 15 is 0 Å². The number of methoxy groups -OCH3 is 1. The first kappa shape index (κ1) is 14.2. The second-order valence-electron chi connectivity index (χ2n) is 4.68. The topological polar surface area (TPSA) is 90.7 Å². The fourth-order valence-corrected chi connectivity index (χ4v) is 1.69. The van der Waals surface area contributed by atoms with Gasteiger partial charge in [0, 0.05) is 6.04 Å². The van der Waals surface area contributed by atoms with Gasteiger partial charge in [-0.15, -0.1) is 0 Å². The number of hydrogen-bond acceptors (Lipinski definition) is 5. The number of carbonyl (C=O) groups excluding carboxylic acids is 2. The highest BCUT2D eigenvalue weighted by Crippen LogP contribution is 2.23. The number of rotatable bonds is 6. The van der Waals surface area contributed by atoms with E-state index < -0.39 is 5.97 Å². The minimum absolute atomic E-state index is 0.0322. The average Bonchev–Trinajstić information content (AvgIpc) is 3.23. The number of hydrogen-bond donors (Lipinski definition) is 2. The van der Waals surface area contributed by atoms with E-state index in [2.05, 4.69) is 10.1 Å². The predicted octanol–water partition coefficient (Wildman–Crippen LogP) is 1.10. The lowest BCUT2D eigenvalue weighted by Crippen LogP contribution is -2.26. The molecule has 0 aliphatic heterocycles. The zero-order valence-electron chi connectivity index (χ0n) is 11.3. The van der Waals surface area contributed by atoms with Crippen LogP contribution in [-0.4, -0.2) is 31.6 Å². The third-order valence-electron chi connectivity index (χ3n) is 2.96. The molecular formula is C14H18N2O4. The van der Waals surface area contributed by atoms with Crippen molar-refractivity contribution in [2.45, 2.75) is 25.3 Å². The van der Waals surface area contributed by atoms with Crippen molar-refractivity contribution in [1.29, 1.82) is 0 Å². The first-order valence-corrected chi connectivity index (χ1v) is 6.50. The Labute approximate surface area is 117 Å². The van der Waals surface area contributed by atoms with Gasteiger partial charge in [-0.05, 0) is 31.0 Å². The second-order valence-corrected chi connectivity index (χ2v) is 4.68. The molecule has 1 saturated carbocycles. The number of nitrogens with two attached hydrogens (primary N) is 1. The third-order valence-corrected chi connectivity index (χ3v) is 2.96. The standard InChI is InChI=1S/C14H18N2O4/c1-19-14(18)9-2-5-11(15)12(8-9)20-7-6-13(17)16-10-3-4-10/h2,5,8,10H,3-4,6-7,15H2,1H3,(H,16,17). The molecule has 3 N–H and O–H groups in total. The molecule has 0 heterocycles. The maximum Gasteiger partial charge on any atom is 0.337 e. The SMILES string of the molecule is COC(=O)c1ccc(N)c(OCCC(=O)NC2CC2)c1. The molecule has 0 unspecified atom stereocenters. The molecule has 6 nitrogen and oxygen atoms in total. The van der Waals surface area contributed by atoms with E-state index in [9.17, 15) is 9.59 Å². The largest absolute Gasteiger partial charge is 0.491 e. The van der Waals surface area contributed by atoms with Gasteiger partial charge >= 0.3 is 5.97 Å². The highest BCUT2D eigenvalue weighted by molar-refractivity contribution is 5.90. The monoisotopic (exact) mass is 278 g/mol. The van der Waals surface area contributed by atoms with Gasteiger partial charge in [-0.1, -0.05) is 0 Å². The van der Waals surface area contributed by atoms with Crippen LogP contribution in [0.25, 0.3) is 0 Å². The summed E-state index contributed by atoms with van der Waals surface area (Å²) >= 11 is 0. The Morgan fingerprint density at radius 3 is 2.80 bits per heavy atom. The van der Waals surface area contributed by atoms with Crippen molar-refractivity contribution in [2.24, 2.45) is 0 Å². The Morgan fingerprint density at radius 1 is 1.40 bits per heavy atom. The van der Waals surface area contributed by atoms with Gasteiger partial charge in [-0.2, -0.15) is 0 Å². The second kappa shape index (κ2) is 6.27. The van der Waals surface area contributed by atoms with Crippen LogP contribution < -0.4 is 15.8 Å². The molecule has 1 aliphatic carbocycles. The molecule has 1 aliphatic rings. The summed E-state index contributed by atoms with van der Waals surface area (Å²) in [4.78, 5) is 22.9. The summed E-state index contributed by atoms with van der Waals surface area (Å²) in [5.41, 5.74) is 6.54. The molecule has 0 aromatic heterocycles. The number of benzene rings is 1. The maximum absolute atomic E-state index is 11.5. The number of esters is 1. The molecular weight excluding hydrogens is 260 g/mol. The summed E-state index contributed by atoms with van der Waals surface area (Å²) in [6.45, 7) is 0.216. The summed E-state index contributed by atoms with van der Waals surface area (Å²) < 4.78 is 10.1. The lowest BCUT2D eigenvalue weighted by atomic mass is 10.2. The van der Waals surface area contributed by atoms with Crippen molar-refractivity contribution in [3.05, 3.63) is 23.8 Å². The predicted molar refractivity (Wildman–Crippen MR) is 73.5 cm³/mol. The lowest BCUT2D eigenvalue weighted by Gasteiger charge is -2.10. The first-order valence-electron chi connectivity index (χ1n) is 6.50. The van der Waals surface area contributed by atoms with E-state index in [-0.39, 0.29) is 18.9 Å². The zero-order chi connectivity index (χ0) is 14.5. The van der Waals surface area contributed by atoms with Gasteiger partial charge in [0.1, 0.15) is 5.75 Å². The summed E-state index contributed by atoms with van der Waals surface area (Å²) in [6, 6.07) is 5.00. The number of nitrogen functional groups attached to an aromatic ring is 1. The highest BCUT2D eigenvalue weighted by atomic mass is 16.5. The first-order chi connectivity index (χ1) is 9.60. The van der Waals surface area contributed by atoms with E-state index in [4.69, 9.17) is 10.5 Å². The minimum Gasteiger partial charge on any atom is -0.491 e. The molecule has 0 atom stereocenters. The van der Waals surface area contributed by atoms with Crippen LogP contribution in [0.1, 0.15) is 29.6 Å². The Balaban J connectivity index is 1.87. The Bertz CT molecular complexity index is 512. The molecule has 1 aromatic carbocycles. The molecule has 1 fully saturated rings. The minimum atomic E-state index is -0.457. The van der Waals surface area contributed by atoms with E-state index in [0.717, 1.165) is 12.8 Å². The fourth-order valence-electron chi connectivity index (χ4n) is 1.69. The average molecular weight is 278 g/mol. The van der Waals surface area contributed by atoms with Gasteiger partial charge in [0.05, 0.1) is 31.4 Å². The molecule has 0 radical (unpaired) electrons. The van der Waals surface area contributed by atoms with Crippen molar-refractivity contribution in [3.8, 4) is 5.75 Å². The molecule has 2 rings (SSSR count). The van der Waals surface area contributed by atoms with E-state index in [1.807, 2.05) is 0 Å². The van der Waals surface area contributed by atoms with Crippen molar-refractivity contribution in [1.82, 2.24) is 5.32 Å². The number of ether oxygens (including phenoxy) is 2.